The Morgan fingerprint density at radius 3 is 2.27 bits per heavy atom. The number of carbonyl (C=O) groups is 2. The first-order chi connectivity index (χ1) is 16.1. The zero-order valence-electron chi connectivity index (χ0n) is 17.9. The average Bonchev–Trinajstić information content (AvgIpc) is 3.16. The highest BCUT2D eigenvalue weighted by atomic mass is 32.2. The van der Waals surface area contributed by atoms with Gasteiger partial charge in [-0.2, -0.15) is 5.26 Å². The molecule has 1 fully saturated rings. The van der Waals surface area contributed by atoms with Gasteiger partial charge in [0.25, 0.3) is 5.91 Å². The number of carbonyl (C=O) groups excluding carboxylic acids is 2. The van der Waals surface area contributed by atoms with E-state index in [1.165, 1.54) is 16.7 Å². The molecule has 4 rings (SSSR count). The zero-order valence-corrected chi connectivity index (χ0v) is 18.7. The predicted octanol–water partition coefficient (Wildman–Crippen LogP) is 4.76. The molecule has 2 amide bonds. The van der Waals surface area contributed by atoms with Gasteiger partial charge in [-0.15, -0.1) is 0 Å². The molecule has 1 aliphatic rings. The Hall–Kier alpha value is -4.02. The van der Waals surface area contributed by atoms with Crippen LogP contribution in [0.3, 0.4) is 0 Å². The molecule has 0 aromatic heterocycles. The molecule has 7 heteroatoms. The van der Waals surface area contributed by atoms with Gasteiger partial charge in [0.05, 0.1) is 12.4 Å². The number of nitrogens with zero attached hydrogens (tertiary/aromatic N) is 2. The number of nitrogens with one attached hydrogen (secondary N) is 1. The van der Waals surface area contributed by atoms with Gasteiger partial charge < -0.3 is 10.1 Å². The van der Waals surface area contributed by atoms with E-state index >= 15 is 0 Å². The first-order valence-electron chi connectivity index (χ1n) is 10.3. The molecule has 1 saturated heterocycles. The molecule has 0 saturated carbocycles. The van der Waals surface area contributed by atoms with Crippen LogP contribution in [0, 0.1) is 11.3 Å². The molecule has 1 aliphatic heterocycles. The number of benzene rings is 3. The van der Waals surface area contributed by atoms with Crippen LogP contribution in [0.5, 0.6) is 5.75 Å². The Bertz CT molecular complexity index is 1220. The summed E-state index contributed by atoms with van der Waals surface area (Å²) in [7, 11) is 1.60. The van der Waals surface area contributed by atoms with E-state index in [9.17, 15) is 14.9 Å². The van der Waals surface area contributed by atoms with Crippen LogP contribution < -0.4 is 15.0 Å². The zero-order chi connectivity index (χ0) is 23.2. The molecule has 164 valence electrons. The molecule has 0 bridgehead atoms. The summed E-state index contributed by atoms with van der Waals surface area (Å²) in [5.41, 5.74) is 2.05. The second-order valence-corrected chi connectivity index (χ2v) is 8.47. The van der Waals surface area contributed by atoms with Crippen molar-refractivity contribution in [3.8, 4) is 11.8 Å². The van der Waals surface area contributed by atoms with Crippen LogP contribution in [-0.4, -0.2) is 24.2 Å². The molecule has 1 heterocycles. The average molecular weight is 456 g/mol. The van der Waals surface area contributed by atoms with Crippen molar-refractivity contribution in [2.75, 3.05) is 17.3 Å². The maximum absolute atomic E-state index is 13.5. The van der Waals surface area contributed by atoms with E-state index in [1.807, 2.05) is 54.6 Å². The third kappa shape index (κ3) is 4.92. The third-order valence-electron chi connectivity index (χ3n) is 5.13. The minimum Gasteiger partial charge on any atom is -0.497 e. The van der Waals surface area contributed by atoms with Gasteiger partial charge in [0.15, 0.2) is 0 Å². The molecule has 33 heavy (non-hydrogen) atoms. The van der Waals surface area contributed by atoms with Crippen LogP contribution in [0.4, 0.5) is 11.4 Å². The Balaban J connectivity index is 1.69. The van der Waals surface area contributed by atoms with Crippen molar-refractivity contribution in [2.45, 2.75) is 11.7 Å². The molecule has 3 aromatic rings. The van der Waals surface area contributed by atoms with E-state index in [0.717, 1.165) is 11.3 Å². The number of para-hydroxylation sites is 2. The number of methoxy groups -OCH3 is 1. The van der Waals surface area contributed by atoms with E-state index in [4.69, 9.17) is 4.74 Å². The van der Waals surface area contributed by atoms with Crippen molar-refractivity contribution in [2.24, 2.45) is 0 Å². The second-order valence-electron chi connectivity index (χ2n) is 7.28. The van der Waals surface area contributed by atoms with Gasteiger partial charge in [0, 0.05) is 11.4 Å². The largest absolute Gasteiger partial charge is 0.497 e. The number of hydrogen-bond donors (Lipinski definition) is 1. The smallest absolute Gasteiger partial charge is 0.269 e. The number of amides is 2. The fourth-order valence-electron chi connectivity index (χ4n) is 3.49. The molecular weight excluding hydrogens is 434 g/mol. The second kappa shape index (κ2) is 10.1. The van der Waals surface area contributed by atoms with E-state index < -0.39 is 11.2 Å². The summed E-state index contributed by atoms with van der Waals surface area (Å²) in [5, 5.41) is 12.5. The molecule has 0 spiro atoms. The third-order valence-corrected chi connectivity index (χ3v) is 6.39. The fraction of sp³-hybridized carbons (Fsp3) is 0.115. The maximum atomic E-state index is 13.5. The standard InChI is InChI=1S/C26H21N3O3S/c1-32-21-14-12-18(13-15-21)16-23-25(31)29(20-10-6-3-7-11-20)26(33-23)22(17-27)24(30)28-19-8-4-2-5-9-19/h2-15,23H,16H2,1H3,(H,28,30)/b26-22-/t23-/m1/s1. The summed E-state index contributed by atoms with van der Waals surface area (Å²) in [6.07, 6.45) is 0.458. The monoisotopic (exact) mass is 455 g/mol. The van der Waals surface area contributed by atoms with Gasteiger partial charge in [-0.3, -0.25) is 14.5 Å². The van der Waals surface area contributed by atoms with Crippen LogP contribution in [0.15, 0.2) is 95.5 Å². The summed E-state index contributed by atoms with van der Waals surface area (Å²) in [6, 6.07) is 27.5. The number of rotatable bonds is 6. The summed E-state index contributed by atoms with van der Waals surface area (Å²) >= 11 is 1.24. The Morgan fingerprint density at radius 2 is 1.67 bits per heavy atom. The first kappa shape index (κ1) is 22.2. The summed E-state index contributed by atoms with van der Waals surface area (Å²) in [5.74, 6) is 0.0160. The number of hydrogen-bond acceptors (Lipinski definition) is 5. The SMILES string of the molecule is COc1ccc(C[C@H]2S/C(=C(/C#N)C(=O)Nc3ccccc3)N(c3ccccc3)C2=O)cc1. The number of nitriles is 1. The predicted molar refractivity (Wildman–Crippen MR) is 130 cm³/mol. The minimum atomic E-state index is -0.551. The summed E-state index contributed by atoms with van der Waals surface area (Å²) < 4.78 is 5.21. The van der Waals surface area contributed by atoms with Gasteiger partial charge in [-0.05, 0) is 48.4 Å². The molecule has 0 unspecified atom stereocenters. The van der Waals surface area contributed by atoms with Gasteiger partial charge >= 0.3 is 0 Å². The lowest BCUT2D eigenvalue weighted by molar-refractivity contribution is -0.117. The fourth-order valence-corrected chi connectivity index (χ4v) is 4.80. The van der Waals surface area contributed by atoms with Crippen LogP contribution in [0.2, 0.25) is 0 Å². The summed E-state index contributed by atoms with van der Waals surface area (Å²) in [4.78, 5) is 27.9. The van der Waals surface area contributed by atoms with E-state index in [2.05, 4.69) is 5.32 Å². The number of thioether (sulfide) groups is 1. The quantitative estimate of drug-likeness (QED) is 0.428. The molecule has 1 N–H and O–H groups in total. The van der Waals surface area contributed by atoms with Crippen LogP contribution in [0.25, 0.3) is 0 Å². The van der Waals surface area contributed by atoms with Crippen LogP contribution in [-0.2, 0) is 16.0 Å². The lowest BCUT2D eigenvalue weighted by atomic mass is 10.1. The van der Waals surface area contributed by atoms with Crippen molar-refractivity contribution in [1.82, 2.24) is 0 Å². The van der Waals surface area contributed by atoms with Gasteiger partial charge in [0.1, 0.15) is 22.4 Å². The highest BCUT2D eigenvalue weighted by Crippen LogP contribution is 2.42. The minimum absolute atomic E-state index is 0.0988. The van der Waals surface area contributed by atoms with Gasteiger partial charge in [-0.25, -0.2) is 0 Å². The molecule has 0 aliphatic carbocycles. The Labute approximate surface area is 196 Å². The van der Waals surface area contributed by atoms with Crippen LogP contribution in [0.1, 0.15) is 5.56 Å². The van der Waals surface area contributed by atoms with E-state index in [1.54, 1.807) is 43.5 Å². The number of ether oxygens (including phenoxy) is 1. The van der Waals surface area contributed by atoms with Crippen molar-refractivity contribution < 1.29 is 14.3 Å². The van der Waals surface area contributed by atoms with Crippen molar-refractivity contribution in [3.63, 3.8) is 0 Å². The lowest BCUT2D eigenvalue weighted by Gasteiger charge is -2.18. The maximum Gasteiger partial charge on any atom is 0.269 e. The van der Waals surface area contributed by atoms with Crippen molar-refractivity contribution in [3.05, 3.63) is 101 Å². The first-order valence-corrected chi connectivity index (χ1v) is 11.2. The molecule has 3 aromatic carbocycles. The molecule has 6 nitrogen and oxygen atoms in total. The van der Waals surface area contributed by atoms with Gasteiger partial charge in [0.2, 0.25) is 5.91 Å². The topological polar surface area (TPSA) is 82.4 Å². The molecule has 0 radical (unpaired) electrons. The lowest BCUT2D eigenvalue weighted by Crippen LogP contribution is -2.30. The van der Waals surface area contributed by atoms with E-state index in [-0.39, 0.29) is 11.5 Å². The van der Waals surface area contributed by atoms with Crippen molar-refractivity contribution in [1.29, 1.82) is 5.26 Å². The Morgan fingerprint density at radius 1 is 1.03 bits per heavy atom. The highest BCUT2D eigenvalue weighted by Gasteiger charge is 2.40. The normalized spacial score (nSPS) is 16.8. The van der Waals surface area contributed by atoms with Gasteiger partial charge in [-0.1, -0.05) is 60.3 Å². The Kier molecular flexibility index (Phi) is 6.77. The number of anilines is 2. The van der Waals surface area contributed by atoms with Crippen molar-refractivity contribution >= 4 is 35.0 Å². The molecule has 1 atom stereocenters. The molecular formula is C26H21N3O3S. The summed E-state index contributed by atoms with van der Waals surface area (Å²) in [6.45, 7) is 0. The van der Waals surface area contributed by atoms with Crippen LogP contribution >= 0.6 is 11.8 Å². The highest BCUT2D eigenvalue weighted by molar-refractivity contribution is 8.05. The van der Waals surface area contributed by atoms with E-state index in [0.29, 0.717) is 22.8 Å².